The highest BCUT2D eigenvalue weighted by Gasteiger charge is 2.17. The van der Waals surface area contributed by atoms with E-state index in [2.05, 4.69) is 5.32 Å². The van der Waals surface area contributed by atoms with Gasteiger partial charge in [-0.25, -0.2) is 8.42 Å². The molecule has 0 aliphatic carbocycles. The van der Waals surface area contributed by atoms with E-state index in [9.17, 15) is 18.0 Å². The zero-order valence-electron chi connectivity index (χ0n) is 13.2. The first kappa shape index (κ1) is 17.5. The Kier molecular flexibility index (Phi) is 5.76. The van der Waals surface area contributed by atoms with Crippen LogP contribution < -0.4 is 5.32 Å². The molecule has 1 N–H and O–H groups in total. The summed E-state index contributed by atoms with van der Waals surface area (Å²) in [5.74, 6) is -0.329. The minimum absolute atomic E-state index is 0.0635. The molecule has 1 aromatic rings. The van der Waals surface area contributed by atoms with Gasteiger partial charge in [0.15, 0.2) is 9.84 Å². The van der Waals surface area contributed by atoms with Crippen LogP contribution in [0.2, 0.25) is 0 Å². The molecule has 0 unspecified atom stereocenters. The zero-order valence-corrected chi connectivity index (χ0v) is 14.1. The van der Waals surface area contributed by atoms with Crippen molar-refractivity contribution in [2.24, 2.45) is 0 Å². The third kappa shape index (κ3) is 5.67. The molecule has 0 saturated carbocycles. The Labute approximate surface area is 136 Å². The van der Waals surface area contributed by atoms with E-state index in [1.807, 2.05) is 4.90 Å². The van der Waals surface area contributed by atoms with Gasteiger partial charge in [-0.1, -0.05) is 12.1 Å². The molecule has 1 heterocycles. The number of nitrogens with zero attached hydrogens (tertiary/aromatic N) is 1. The molecule has 126 valence electrons. The van der Waals surface area contributed by atoms with E-state index in [1.54, 1.807) is 24.3 Å². The van der Waals surface area contributed by atoms with Crippen molar-refractivity contribution in [3.05, 3.63) is 35.4 Å². The molecule has 0 radical (unpaired) electrons. The highest BCUT2D eigenvalue weighted by molar-refractivity contribution is 7.89. The molecule has 0 spiro atoms. The summed E-state index contributed by atoms with van der Waals surface area (Å²) in [4.78, 5) is 25.8. The Morgan fingerprint density at radius 2 is 1.91 bits per heavy atom. The predicted molar refractivity (Wildman–Crippen MR) is 87.8 cm³/mol. The van der Waals surface area contributed by atoms with Crippen molar-refractivity contribution in [1.29, 1.82) is 0 Å². The van der Waals surface area contributed by atoms with E-state index in [0.29, 0.717) is 11.1 Å². The summed E-state index contributed by atoms with van der Waals surface area (Å²) >= 11 is 0. The minimum atomic E-state index is -3.14. The van der Waals surface area contributed by atoms with Crippen LogP contribution in [-0.4, -0.2) is 51.0 Å². The van der Waals surface area contributed by atoms with Crippen molar-refractivity contribution >= 4 is 21.7 Å². The van der Waals surface area contributed by atoms with Gasteiger partial charge in [-0.05, 0) is 30.5 Å². The monoisotopic (exact) mass is 338 g/mol. The average Bonchev–Trinajstić information content (AvgIpc) is 2.99. The summed E-state index contributed by atoms with van der Waals surface area (Å²) in [5.41, 5.74) is 0.980. The number of hydrogen-bond donors (Lipinski definition) is 1. The van der Waals surface area contributed by atoms with Crippen LogP contribution in [0.1, 0.15) is 35.2 Å². The second-order valence-corrected chi connectivity index (χ2v) is 8.00. The van der Waals surface area contributed by atoms with Crippen molar-refractivity contribution in [1.82, 2.24) is 10.2 Å². The molecule has 2 rings (SSSR count). The molecule has 1 aromatic carbocycles. The number of nitrogens with one attached hydrogen (secondary N) is 1. The number of sulfone groups is 1. The number of amides is 2. The summed E-state index contributed by atoms with van der Waals surface area (Å²) in [6.07, 6.45) is 3.54. The number of carbonyl (C=O) groups is 2. The van der Waals surface area contributed by atoms with Crippen molar-refractivity contribution < 1.29 is 18.0 Å². The fraction of sp³-hybridized carbons (Fsp3) is 0.500. The predicted octanol–water partition coefficient (Wildman–Crippen LogP) is 0.973. The van der Waals surface area contributed by atoms with Crippen LogP contribution >= 0.6 is 0 Å². The van der Waals surface area contributed by atoms with Gasteiger partial charge in [-0.3, -0.25) is 9.59 Å². The summed E-state index contributed by atoms with van der Waals surface area (Å²) in [5, 5.41) is 2.71. The molecule has 0 atom stereocenters. The number of rotatable bonds is 6. The first-order valence-electron chi connectivity index (χ1n) is 7.68. The molecule has 23 heavy (non-hydrogen) atoms. The molecule has 7 heteroatoms. The normalized spacial score (nSPS) is 14.7. The van der Waals surface area contributed by atoms with E-state index in [-0.39, 0.29) is 30.5 Å². The Balaban J connectivity index is 1.85. The Morgan fingerprint density at radius 3 is 2.57 bits per heavy atom. The number of benzene rings is 1. The largest absolute Gasteiger partial charge is 0.352 e. The molecule has 2 amide bonds. The second kappa shape index (κ2) is 7.59. The van der Waals surface area contributed by atoms with Crippen molar-refractivity contribution in [3.63, 3.8) is 0 Å². The van der Waals surface area contributed by atoms with Gasteiger partial charge in [0.1, 0.15) is 0 Å². The Morgan fingerprint density at radius 1 is 1.22 bits per heavy atom. The summed E-state index contributed by atoms with van der Waals surface area (Å²) in [6.45, 7) is 1.89. The first-order valence-corrected chi connectivity index (χ1v) is 9.74. The molecule has 0 bridgehead atoms. The molecular formula is C16H22N2O4S. The third-order valence-corrected chi connectivity index (χ3v) is 4.56. The van der Waals surface area contributed by atoms with Crippen LogP contribution in [0.3, 0.4) is 0 Å². The first-order chi connectivity index (χ1) is 10.8. The lowest BCUT2D eigenvalue weighted by atomic mass is 10.1. The lowest BCUT2D eigenvalue weighted by Crippen LogP contribution is -2.32. The highest BCUT2D eigenvalue weighted by atomic mass is 32.2. The average molecular weight is 338 g/mol. The SMILES string of the molecule is CS(=O)(=O)Cc1cccc(C(=O)NCCC(=O)N2CCCC2)c1. The number of hydrogen-bond acceptors (Lipinski definition) is 4. The van der Waals surface area contributed by atoms with E-state index >= 15 is 0 Å². The van der Waals surface area contributed by atoms with E-state index in [4.69, 9.17) is 0 Å². The van der Waals surface area contributed by atoms with Gasteiger partial charge in [-0.15, -0.1) is 0 Å². The van der Waals surface area contributed by atoms with Gasteiger partial charge in [0.25, 0.3) is 5.91 Å². The van der Waals surface area contributed by atoms with E-state index < -0.39 is 9.84 Å². The second-order valence-electron chi connectivity index (χ2n) is 5.86. The van der Waals surface area contributed by atoms with Crippen molar-refractivity contribution in [2.75, 3.05) is 25.9 Å². The van der Waals surface area contributed by atoms with Gasteiger partial charge in [-0.2, -0.15) is 0 Å². The van der Waals surface area contributed by atoms with Crippen LogP contribution in [0, 0.1) is 0 Å². The maximum atomic E-state index is 12.1. The van der Waals surface area contributed by atoms with Crippen molar-refractivity contribution in [2.45, 2.75) is 25.0 Å². The standard InChI is InChI=1S/C16H22N2O4S/c1-23(21,22)12-13-5-4-6-14(11-13)16(20)17-8-7-15(19)18-9-2-3-10-18/h4-6,11H,2-3,7-10,12H2,1H3,(H,17,20). The number of likely N-dealkylation sites (tertiary alicyclic amines) is 1. The topological polar surface area (TPSA) is 83.5 Å². The van der Waals surface area contributed by atoms with Crippen LogP contribution in [0.4, 0.5) is 0 Å². The van der Waals surface area contributed by atoms with Gasteiger partial charge in [0.05, 0.1) is 5.75 Å². The molecular weight excluding hydrogens is 316 g/mol. The lowest BCUT2D eigenvalue weighted by Gasteiger charge is -2.15. The van der Waals surface area contributed by atoms with Gasteiger partial charge >= 0.3 is 0 Å². The lowest BCUT2D eigenvalue weighted by molar-refractivity contribution is -0.129. The van der Waals surface area contributed by atoms with Crippen LogP contribution in [0.5, 0.6) is 0 Å². The van der Waals surface area contributed by atoms with Gasteiger partial charge in [0.2, 0.25) is 5.91 Å². The fourth-order valence-corrected chi connectivity index (χ4v) is 3.40. The molecule has 1 aliphatic rings. The Bertz CT molecular complexity index is 679. The van der Waals surface area contributed by atoms with Crippen LogP contribution in [-0.2, 0) is 20.4 Å². The molecule has 1 fully saturated rings. The van der Waals surface area contributed by atoms with Crippen LogP contribution in [0.15, 0.2) is 24.3 Å². The maximum Gasteiger partial charge on any atom is 0.251 e. The smallest absolute Gasteiger partial charge is 0.251 e. The maximum absolute atomic E-state index is 12.1. The quantitative estimate of drug-likeness (QED) is 0.838. The van der Waals surface area contributed by atoms with Crippen molar-refractivity contribution in [3.8, 4) is 0 Å². The van der Waals surface area contributed by atoms with Gasteiger partial charge in [0, 0.05) is 37.9 Å². The molecule has 1 aliphatic heterocycles. The fourth-order valence-electron chi connectivity index (χ4n) is 2.61. The molecule has 6 nitrogen and oxygen atoms in total. The Hall–Kier alpha value is -1.89. The highest BCUT2D eigenvalue weighted by Crippen LogP contribution is 2.10. The van der Waals surface area contributed by atoms with Gasteiger partial charge < -0.3 is 10.2 Å². The molecule has 1 saturated heterocycles. The summed E-state index contributed by atoms with van der Waals surface area (Å²) in [6, 6.07) is 6.53. The zero-order chi connectivity index (χ0) is 16.9. The minimum Gasteiger partial charge on any atom is -0.352 e. The van der Waals surface area contributed by atoms with E-state index in [0.717, 1.165) is 32.2 Å². The van der Waals surface area contributed by atoms with Crippen LogP contribution in [0.25, 0.3) is 0 Å². The summed E-state index contributed by atoms with van der Waals surface area (Å²) in [7, 11) is -3.14. The van der Waals surface area contributed by atoms with E-state index in [1.165, 1.54) is 0 Å². The summed E-state index contributed by atoms with van der Waals surface area (Å²) < 4.78 is 22.6. The third-order valence-electron chi connectivity index (χ3n) is 3.70. The molecule has 0 aromatic heterocycles. The number of carbonyl (C=O) groups excluding carboxylic acids is 2.